The van der Waals surface area contributed by atoms with Crippen LogP contribution in [0.3, 0.4) is 0 Å². The predicted octanol–water partition coefficient (Wildman–Crippen LogP) is 4.63. The molecule has 0 saturated carbocycles. The zero-order valence-corrected chi connectivity index (χ0v) is 16.0. The van der Waals surface area contributed by atoms with E-state index in [1.165, 1.54) is 0 Å². The van der Waals surface area contributed by atoms with Gasteiger partial charge in [-0.2, -0.15) is 0 Å². The fourth-order valence-corrected chi connectivity index (χ4v) is 3.61. The van der Waals surface area contributed by atoms with Gasteiger partial charge in [-0.1, -0.05) is 28.1 Å². The largest absolute Gasteiger partial charge is 0.496 e. The molecule has 0 aliphatic rings. The summed E-state index contributed by atoms with van der Waals surface area (Å²) in [4.78, 5) is 12.7. The number of hydrogen-bond acceptors (Lipinski definition) is 3. The highest BCUT2D eigenvalue weighted by atomic mass is 79.9. The summed E-state index contributed by atoms with van der Waals surface area (Å²) >= 11 is 3.45. The fraction of sp³-hybridized carbons (Fsp3) is 0.150. The molecular weight excluding hydrogens is 396 g/mol. The molecule has 0 aliphatic heterocycles. The van der Waals surface area contributed by atoms with Crippen molar-refractivity contribution in [2.75, 3.05) is 7.11 Å². The van der Waals surface area contributed by atoms with E-state index in [-0.39, 0.29) is 5.91 Å². The van der Waals surface area contributed by atoms with Gasteiger partial charge in [0.25, 0.3) is 5.91 Å². The van der Waals surface area contributed by atoms with Crippen molar-refractivity contribution < 1.29 is 13.9 Å². The Morgan fingerprint density at radius 3 is 2.81 bits per heavy atom. The summed E-state index contributed by atoms with van der Waals surface area (Å²) in [6.07, 6.45) is 0. The van der Waals surface area contributed by atoms with E-state index in [0.717, 1.165) is 32.3 Å². The Bertz CT molecular complexity index is 1130. The van der Waals surface area contributed by atoms with Gasteiger partial charge in [0.05, 0.1) is 12.6 Å². The number of aryl methyl sites for hydroxylation is 1. The first kappa shape index (κ1) is 16.7. The lowest BCUT2D eigenvalue weighted by Gasteiger charge is -2.11. The van der Waals surface area contributed by atoms with Crippen molar-refractivity contribution in [2.45, 2.75) is 6.54 Å². The third kappa shape index (κ3) is 2.76. The first-order valence-electron chi connectivity index (χ1n) is 8.16. The molecule has 26 heavy (non-hydrogen) atoms. The summed E-state index contributed by atoms with van der Waals surface area (Å²) in [7, 11) is 3.49. The maximum absolute atomic E-state index is 12.7. The van der Waals surface area contributed by atoms with Crippen LogP contribution in [0.1, 0.15) is 16.1 Å². The number of fused-ring (bicyclic) bond motifs is 3. The van der Waals surface area contributed by atoms with Crippen molar-refractivity contribution >= 4 is 43.9 Å². The van der Waals surface area contributed by atoms with Gasteiger partial charge >= 0.3 is 0 Å². The highest BCUT2D eigenvalue weighted by Crippen LogP contribution is 2.30. The molecule has 1 amide bonds. The zero-order valence-electron chi connectivity index (χ0n) is 14.4. The second kappa shape index (κ2) is 6.53. The zero-order chi connectivity index (χ0) is 18.3. The molecule has 4 rings (SSSR count). The number of hydrogen-bond donors (Lipinski definition) is 1. The van der Waals surface area contributed by atoms with Crippen LogP contribution in [0.2, 0.25) is 0 Å². The van der Waals surface area contributed by atoms with Crippen molar-refractivity contribution in [3.05, 3.63) is 64.3 Å². The van der Waals surface area contributed by atoms with Gasteiger partial charge in [-0.25, -0.2) is 0 Å². The second-order valence-corrected chi connectivity index (χ2v) is 6.95. The lowest BCUT2D eigenvalue weighted by molar-refractivity contribution is 0.0943. The van der Waals surface area contributed by atoms with Crippen LogP contribution in [-0.4, -0.2) is 17.6 Å². The quantitative estimate of drug-likeness (QED) is 0.531. The van der Waals surface area contributed by atoms with E-state index in [1.54, 1.807) is 13.2 Å². The van der Waals surface area contributed by atoms with Gasteiger partial charge in [0, 0.05) is 35.1 Å². The smallest absolute Gasteiger partial charge is 0.268 e. The normalized spacial score (nSPS) is 11.2. The number of nitrogens with zero attached hydrogens (tertiary/aromatic N) is 1. The Morgan fingerprint density at radius 1 is 1.19 bits per heavy atom. The van der Waals surface area contributed by atoms with Crippen molar-refractivity contribution in [1.29, 1.82) is 0 Å². The molecule has 0 spiro atoms. The van der Waals surface area contributed by atoms with Gasteiger partial charge in [-0.05, 0) is 30.3 Å². The van der Waals surface area contributed by atoms with Crippen LogP contribution >= 0.6 is 15.9 Å². The molecule has 1 N–H and O–H groups in total. The standard InChI is InChI=1S/C20H17BrN2O3/c1-23-15(10-18-19(23)14-5-3-4-6-17(14)26-18)20(24)22-11-12-9-13(21)7-8-16(12)25-2/h3-10H,11H2,1-2H3,(H,22,24). The van der Waals surface area contributed by atoms with Crippen LogP contribution in [0.25, 0.3) is 22.1 Å². The minimum atomic E-state index is -0.162. The van der Waals surface area contributed by atoms with E-state index in [9.17, 15) is 4.79 Å². The summed E-state index contributed by atoms with van der Waals surface area (Å²) < 4.78 is 14.0. The van der Waals surface area contributed by atoms with E-state index in [2.05, 4.69) is 21.2 Å². The van der Waals surface area contributed by atoms with Gasteiger partial charge in [-0.15, -0.1) is 0 Å². The van der Waals surface area contributed by atoms with E-state index < -0.39 is 0 Å². The third-order valence-electron chi connectivity index (χ3n) is 4.47. The van der Waals surface area contributed by atoms with Crippen LogP contribution < -0.4 is 10.1 Å². The van der Waals surface area contributed by atoms with Gasteiger partial charge in [-0.3, -0.25) is 4.79 Å². The van der Waals surface area contributed by atoms with Gasteiger partial charge in [0.1, 0.15) is 17.0 Å². The lowest BCUT2D eigenvalue weighted by Crippen LogP contribution is -2.25. The van der Waals surface area contributed by atoms with Gasteiger partial charge in [0.2, 0.25) is 0 Å². The topological polar surface area (TPSA) is 56.4 Å². The number of halogens is 1. The second-order valence-electron chi connectivity index (χ2n) is 6.04. The molecule has 2 aromatic carbocycles. The highest BCUT2D eigenvalue weighted by Gasteiger charge is 2.18. The number of aromatic nitrogens is 1. The first-order valence-corrected chi connectivity index (χ1v) is 8.95. The fourth-order valence-electron chi connectivity index (χ4n) is 3.21. The summed E-state index contributed by atoms with van der Waals surface area (Å²) in [5.74, 6) is 0.574. The molecule has 0 fully saturated rings. The Morgan fingerprint density at radius 2 is 2.00 bits per heavy atom. The maximum Gasteiger partial charge on any atom is 0.268 e. The molecule has 0 bridgehead atoms. The molecule has 0 atom stereocenters. The van der Waals surface area contributed by atoms with Gasteiger partial charge < -0.3 is 19.0 Å². The van der Waals surface area contributed by atoms with Crippen molar-refractivity contribution in [3.8, 4) is 5.75 Å². The number of amides is 1. The van der Waals surface area contributed by atoms with E-state index in [4.69, 9.17) is 9.15 Å². The number of ether oxygens (including phenoxy) is 1. The number of para-hydroxylation sites is 1. The average Bonchev–Trinajstić information content (AvgIpc) is 3.16. The Kier molecular flexibility index (Phi) is 4.20. The Balaban J connectivity index is 1.63. The molecule has 2 heterocycles. The number of furan rings is 1. The monoisotopic (exact) mass is 412 g/mol. The molecule has 5 nitrogen and oxygen atoms in total. The number of carbonyl (C=O) groups is 1. The molecule has 0 radical (unpaired) electrons. The molecule has 2 aromatic heterocycles. The van der Waals surface area contributed by atoms with E-state index in [0.29, 0.717) is 17.8 Å². The SMILES string of the molecule is COc1ccc(Br)cc1CNC(=O)c1cc2oc3ccccc3c2n1C. The summed E-state index contributed by atoms with van der Waals surface area (Å²) in [5.41, 5.74) is 3.90. The third-order valence-corrected chi connectivity index (χ3v) is 4.97. The number of carbonyl (C=O) groups excluding carboxylic acids is 1. The molecule has 132 valence electrons. The predicted molar refractivity (Wildman–Crippen MR) is 105 cm³/mol. The minimum Gasteiger partial charge on any atom is -0.496 e. The molecular formula is C20H17BrN2O3. The first-order chi connectivity index (χ1) is 12.6. The highest BCUT2D eigenvalue weighted by molar-refractivity contribution is 9.10. The number of nitrogens with one attached hydrogen (secondary N) is 1. The Labute approximate surface area is 158 Å². The van der Waals surface area contributed by atoms with Crippen molar-refractivity contribution in [1.82, 2.24) is 9.88 Å². The number of rotatable bonds is 4. The summed E-state index contributed by atoms with van der Waals surface area (Å²) in [6, 6.07) is 15.3. The molecule has 0 aliphatic carbocycles. The van der Waals surface area contributed by atoms with Crippen molar-refractivity contribution in [3.63, 3.8) is 0 Å². The number of methoxy groups -OCH3 is 1. The lowest BCUT2D eigenvalue weighted by atomic mass is 10.2. The van der Waals surface area contributed by atoms with Crippen molar-refractivity contribution in [2.24, 2.45) is 7.05 Å². The molecule has 4 aromatic rings. The number of benzene rings is 2. The van der Waals surface area contributed by atoms with E-state index >= 15 is 0 Å². The van der Waals surface area contributed by atoms with E-state index in [1.807, 2.05) is 54.1 Å². The van der Waals surface area contributed by atoms with Crippen LogP contribution in [-0.2, 0) is 13.6 Å². The molecule has 0 unspecified atom stereocenters. The van der Waals surface area contributed by atoms with Crippen LogP contribution in [0.15, 0.2) is 57.4 Å². The van der Waals surface area contributed by atoms with Crippen LogP contribution in [0.4, 0.5) is 0 Å². The average molecular weight is 413 g/mol. The van der Waals surface area contributed by atoms with Crippen LogP contribution in [0.5, 0.6) is 5.75 Å². The Hall–Kier alpha value is -2.73. The van der Waals surface area contributed by atoms with Gasteiger partial charge in [0.15, 0.2) is 5.58 Å². The van der Waals surface area contributed by atoms with Crippen LogP contribution in [0, 0.1) is 0 Å². The summed E-state index contributed by atoms with van der Waals surface area (Å²) in [5, 5.41) is 3.95. The summed E-state index contributed by atoms with van der Waals surface area (Å²) in [6.45, 7) is 0.370. The molecule has 6 heteroatoms. The maximum atomic E-state index is 12.7. The molecule has 0 saturated heterocycles. The minimum absolute atomic E-state index is 0.162.